The number of aromatic nitrogens is 1. The zero-order valence-electron chi connectivity index (χ0n) is 30.4. The van der Waals surface area contributed by atoms with Crippen molar-refractivity contribution in [3.05, 3.63) is 130 Å². The Bertz CT molecular complexity index is 1710. The molecule has 1 aliphatic carbocycles. The summed E-state index contributed by atoms with van der Waals surface area (Å²) in [4.78, 5) is 28.2. The van der Waals surface area contributed by atoms with Gasteiger partial charge in [-0.25, -0.2) is 4.98 Å². The van der Waals surface area contributed by atoms with Gasteiger partial charge in [0.15, 0.2) is 11.5 Å². The fourth-order valence-corrected chi connectivity index (χ4v) is 6.18. The van der Waals surface area contributed by atoms with Gasteiger partial charge in [0.25, 0.3) is 5.89 Å². The topological polar surface area (TPSA) is 84.2 Å². The summed E-state index contributed by atoms with van der Waals surface area (Å²) in [5.41, 5.74) is 7.37. The van der Waals surface area contributed by atoms with Gasteiger partial charge in [0.2, 0.25) is 5.78 Å². The summed E-state index contributed by atoms with van der Waals surface area (Å²) in [7, 11) is 0. The zero-order valence-corrected chi connectivity index (χ0v) is 31.9. The van der Waals surface area contributed by atoms with E-state index in [0.717, 1.165) is 40.4 Å². The molecular formula is C42H51Cl2N3O3. The van der Waals surface area contributed by atoms with Crippen molar-refractivity contribution in [1.29, 1.82) is 0 Å². The predicted octanol–water partition coefficient (Wildman–Crippen LogP) is 10.7. The van der Waals surface area contributed by atoms with E-state index in [1.54, 1.807) is 30.3 Å². The molecule has 0 amide bonds. The molecule has 5 rings (SSSR count). The standard InChI is InChI=1S/C18H21ClN2O2.C14H18ClNO.C10H12/c1-5-12(4)21-14(6-2)17(22)18-20-10-15(23-18)16-11(3)8-7-9-13(16)19;1-9(2)14(11(4)17)16-10(3)12-5-7-13(15)8-6-12;1-8-6-9-4-2-3-5-10(9)7-8/h7-10,14,21H,4-6H2,1-3H3;5-9,14,16H,3H2,1-2,4H3;2-5,8H,6-7H2,1H3. The summed E-state index contributed by atoms with van der Waals surface area (Å²) in [6.45, 7) is 21.6. The molecule has 0 radical (unpaired) electrons. The molecule has 1 aliphatic rings. The first-order valence-electron chi connectivity index (χ1n) is 17.2. The van der Waals surface area contributed by atoms with Crippen LogP contribution in [0.4, 0.5) is 0 Å². The molecule has 4 aromatic rings. The van der Waals surface area contributed by atoms with Crippen molar-refractivity contribution in [2.24, 2.45) is 11.8 Å². The Labute approximate surface area is 308 Å². The quantitative estimate of drug-likeness (QED) is 0.142. The molecule has 1 heterocycles. The number of rotatable bonds is 12. The zero-order chi connectivity index (χ0) is 37.0. The van der Waals surface area contributed by atoms with Crippen LogP contribution < -0.4 is 10.6 Å². The van der Waals surface area contributed by atoms with Gasteiger partial charge in [-0.3, -0.25) is 9.59 Å². The molecule has 2 unspecified atom stereocenters. The van der Waals surface area contributed by atoms with Crippen molar-refractivity contribution in [2.75, 3.05) is 0 Å². The largest absolute Gasteiger partial charge is 0.434 e. The summed E-state index contributed by atoms with van der Waals surface area (Å²) in [6, 6.07) is 21.2. The Kier molecular flexibility index (Phi) is 15.6. The average Bonchev–Trinajstić information content (AvgIpc) is 3.72. The number of hydrogen-bond acceptors (Lipinski definition) is 6. The van der Waals surface area contributed by atoms with Crippen LogP contribution in [-0.4, -0.2) is 28.6 Å². The number of benzene rings is 3. The highest BCUT2D eigenvalue weighted by Gasteiger charge is 2.24. The summed E-state index contributed by atoms with van der Waals surface area (Å²) < 4.78 is 5.68. The Morgan fingerprint density at radius 3 is 2.08 bits per heavy atom. The monoisotopic (exact) mass is 715 g/mol. The van der Waals surface area contributed by atoms with E-state index in [1.807, 2.05) is 71.0 Å². The molecule has 0 bridgehead atoms. The fraction of sp³-hybridized carbons (Fsp3) is 0.357. The molecule has 3 aromatic carbocycles. The van der Waals surface area contributed by atoms with Gasteiger partial charge in [-0.2, -0.15) is 0 Å². The van der Waals surface area contributed by atoms with E-state index in [2.05, 4.69) is 60.0 Å². The molecule has 8 heteroatoms. The highest BCUT2D eigenvalue weighted by molar-refractivity contribution is 6.33. The van der Waals surface area contributed by atoms with Gasteiger partial charge in [-0.15, -0.1) is 0 Å². The molecule has 0 aliphatic heterocycles. The molecule has 0 saturated heterocycles. The number of ketones is 2. The minimum atomic E-state index is -0.388. The van der Waals surface area contributed by atoms with E-state index in [4.69, 9.17) is 27.6 Å². The first kappa shape index (κ1) is 40.3. The van der Waals surface area contributed by atoms with Crippen LogP contribution in [0.3, 0.4) is 0 Å². The van der Waals surface area contributed by atoms with Gasteiger partial charge in [0.1, 0.15) is 0 Å². The van der Waals surface area contributed by atoms with Crippen molar-refractivity contribution in [3.63, 3.8) is 0 Å². The highest BCUT2D eigenvalue weighted by Crippen LogP contribution is 2.32. The second-order valence-electron chi connectivity index (χ2n) is 13.1. The number of allylic oxidation sites excluding steroid dienone is 1. The van der Waals surface area contributed by atoms with E-state index in [-0.39, 0.29) is 35.5 Å². The van der Waals surface area contributed by atoms with E-state index in [0.29, 0.717) is 22.2 Å². The molecule has 6 nitrogen and oxygen atoms in total. The second-order valence-corrected chi connectivity index (χ2v) is 14.0. The molecule has 2 N–H and O–H groups in total. The SMILES string of the molecule is C=C(CC)NC(CC)C(=O)c1ncc(-c2c(C)cccc2Cl)o1.C=C(NC(C(C)=O)C(C)C)c1ccc(Cl)cc1.CC1Cc2ccccc2C1. The van der Waals surface area contributed by atoms with Crippen LogP contribution in [0.15, 0.2) is 96.2 Å². The Morgan fingerprint density at radius 1 is 0.940 bits per heavy atom. The number of aryl methyl sites for hydroxylation is 1. The summed E-state index contributed by atoms with van der Waals surface area (Å²) >= 11 is 12.1. The van der Waals surface area contributed by atoms with Crippen LogP contribution in [0.2, 0.25) is 10.0 Å². The van der Waals surface area contributed by atoms with Crippen LogP contribution in [0.1, 0.15) is 87.3 Å². The van der Waals surface area contributed by atoms with Crippen molar-refractivity contribution in [1.82, 2.24) is 15.6 Å². The lowest BCUT2D eigenvalue weighted by molar-refractivity contribution is -0.119. The Hall–Kier alpha value is -4.13. The summed E-state index contributed by atoms with van der Waals surface area (Å²) in [5.74, 6) is 1.63. The third-order valence-electron chi connectivity index (χ3n) is 8.60. The van der Waals surface area contributed by atoms with Crippen LogP contribution in [0.5, 0.6) is 0 Å². The minimum absolute atomic E-state index is 0.0857. The van der Waals surface area contributed by atoms with Crippen molar-refractivity contribution >= 4 is 40.5 Å². The minimum Gasteiger partial charge on any atom is -0.434 e. The maximum Gasteiger partial charge on any atom is 0.265 e. The number of carbonyl (C=O) groups is 2. The number of halogens is 2. The highest BCUT2D eigenvalue weighted by atomic mass is 35.5. The lowest BCUT2D eigenvalue weighted by Gasteiger charge is -2.22. The summed E-state index contributed by atoms with van der Waals surface area (Å²) in [6.07, 6.45) is 5.51. The van der Waals surface area contributed by atoms with Crippen molar-refractivity contribution in [3.8, 4) is 11.3 Å². The number of fused-ring (bicyclic) bond motifs is 1. The van der Waals surface area contributed by atoms with Crippen molar-refractivity contribution in [2.45, 2.75) is 86.2 Å². The van der Waals surface area contributed by atoms with Gasteiger partial charge in [-0.1, -0.05) is 120 Å². The Balaban J connectivity index is 0.000000218. The van der Waals surface area contributed by atoms with E-state index >= 15 is 0 Å². The third-order valence-corrected chi connectivity index (χ3v) is 9.16. The van der Waals surface area contributed by atoms with Gasteiger partial charge < -0.3 is 15.1 Å². The number of carbonyl (C=O) groups excluding carboxylic acids is 2. The maximum atomic E-state index is 12.5. The first-order chi connectivity index (χ1) is 23.7. The maximum absolute atomic E-state index is 12.5. The second kappa shape index (κ2) is 19.3. The number of hydrogen-bond donors (Lipinski definition) is 2. The molecule has 1 aromatic heterocycles. The smallest absolute Gasteiger partial charge is 0.265 e. The first-order valence-corrected chi connectivity index (χ1v) is 18.0. The molecule has 0 spiro atoms. The molecule has 50 heavy (non-hydrogen) atoms. The van der Waals surface area contributed by atoms with E-state index in [9.17, 15) is 9.59 Å². The van der Waals surface area contributed by atoms with E-state index in [1.165, 1.54) is 12.8 Å². The van der Waals surface area contributed by atoms with Gasteiger partial charge in [-0.05, 0) is 91.8 Å². The molecular weight excluding hydrogens is 665 g/mol. The molecule has 2 atom stereocenters. The third kappa shape index (κ3) is 11.5. The fourth-order valence-electron chi connectivity index (χ4n) is 5.74. The number of nitrogens with one attached hydrogen (secondary N) is 2. The number of Topliss-reactive ketones (excluding diaryl/α,β-unsaturated/α-hetero) is 2. The van der Waals surface area contributed by atoms with E-state index < -0.39 is 0 Å². The lowest BCUT2D eigenvalue weighted by atomic mass is 10.00. The molecule has 266 valence electrons. The van der Waals surface area contributed by atoms with Gasteiger partial charge >= 0.3 is 0 Å². The average molecular weight is 717 g/mol. The number of nitrogens with zero attached hydrogens (tertiary/aromatic N) is 1. The van der Waals surface area contributed by atoms with Gasteiger partial charge in [0.05, 0.1) is 23.3 Å². The van der Waals surface area contributed by atoms with Crippen LogP contribution in [0, 0.1) is 18.8 Å². The molecule has 0 fully saturated rings. The summed E-state index contributed by atoms with van der Waals surface area (Å²) in [5, 5.41) is 7.54. The van der Waals surface area contributed by atoms with Gasteiger partial charge in [0, 0.05) is 22.0 Å². The van der Waals surface area contributed by atoms with Crippen LogP contribution in [-0.2, 0) is 17.6 Å². The lowest BCUT2D eigenvalue weighted by Crippen LogP contribution is -2.38. The number of oxazole rings is 1. The Morgan fingerprint density at radius 2 is 1.56 bits per heavy atom. The van der Waals surface area contributed by atoms with Crippen LogP contribution in [0.25, 0.3) is 17.0 Å². The normalized spacial score (nSPS) is 13.2. The van der Waals surface area contributed by atoms with Crippen LogP contribution >= 0.6 is 23.2 Å². The van der Waals surface area contributed by atoms with Crippen molar-refractivity contribution < 1.29 is 14.0 Å². The molecule has 0 saturated carbocycles. The predicted molar refractivity (Wildman–Crippen MR) is 209 cm³/mol.